The lowest BCUT2D eigenvalue weighted by Gasteiger charge is -2.19. The van der Waals surface area contributed by atoms with Crippen molar-refractivity contribution in [1.82, 2.24) is 0 Å². The molecule has 1 aromatic rings. The highest BCUT2D eigenvalue weighted by atomic mass is 35.5. The van der Waals surface area contributed by atoms with Gasteiger partial charge in [0.1, 0.15) is 0 Å². The number of rotatable bonds is 4. The molecule has 1 aliphatic rings. The van der Waals surface area contributed by atoms with Gasteiger partial charge in [-0.15, -0.1) is 0 Å². The van der Waals surface area contributed by atoms with Gasteiger partial charge in [-0.05, 0) is 48.4 Å². The van der Waals surface area contributed by atoms with Crippen molar-refractivity contribution >= 4 is 23.2 Å². The largest absolute Gasteiger partial charge is 0.388 e. The van der Waals surface area contributed by atoms with Crippen molar-refractivity contribution in [1.29, 1.82) is 0 Å². The molecule has 20 heavy (non-hydrogen) atoms. The Balaban J connectivity index is 2.49. The molecule has 0 saturated heterocycles. The number of amides is 1. The third-order valence-corrected chi connectivity index (χ3v) is 4.46. The highest BCUT2D eigenvalue weighted by Gasteiger charge is 2.32. The maximum absolute atomic E-state index is 12.0. The molecule has 3 nitrogen and oxygen atoms in total. The molecule has 2 N–H and O–H groups in total. The van der Waals surface area contributed by atoms with Crippen molar-refractivity contribution in [3.05, 3.63) is 27.8 Å². The zero-order chi connectivity index (χ0) is 15.0. The molecule has 4 heteroatoms. The van der Waals surface area contributed by atoms with Crippen molar-refractivity contribution < 1.29 is 9.90 Å². The lowest BCUT2D eigenvalue weighted by atomic mass is 9.91. The zero-order valence-corrected chi connectivity index (χ0v) is 13.2. The summed E-state index contributed by atoms with van der Waals surface area (Å²) in [7, 11) is 0. The van der Waals surface area contributed by atoms with E-state index in [1.54, 1.807) is 0 Å². The van der Waals surface area contributed by atoms with Crippen molar-refractivity contribution in [3.8, 4) is 0 Å². The molecule has 110 valence electrons. The van der Waals surface area contributed by atoms with Crippen LogP contribution in [0.1, 0.15) is 62.3 Å². The van der Waals surface area contributed by atoms with E-state index in [2.05, 4.69) is 19.2 Å². The minimum Gasteiger partial charge on any atom is -0.388 e. The molecule has 2 unspecified atom stereocenters. The topological polar surface area (TPSA) is 49.3 Å². The molecule has 0 spiro atoms. The number of fused-ring (bicyclic) bond motifs is 1. The van der Waals surface area contributed by atoms with Crippen LogP contribution in [0.2, 0.25) is 5.02 Å². The number of carbonyl (C=O) groups is 1. The molecule has 0 aliphatic carbocycles. The Morgan fingerprint density at radius 2 is 2.10 bits per heavy atom. The predicted octanol–water partition coefficient (Wildman–Crippen LogP) is 4.17. The number of anilines is 1. The number of hydrogen-bond acceptors (Lipinski definition) is 2. The molecule has 0 fully saturated rings. The van der Waals surface area contributed by atoms with Crippen LogP contribution in [-0.4, -0.2) is 11.0 Å². The van der Waals surface area contributed by atoms with Crippen LogP contribution in [-0.2, 0) is 4.79 Å². The molecule has 2 rings (SSSR count). The van der Waals surface area contributed by atoms with Crippen LogP contribution < -0.4 is 5.32 Å². The van der Waals surface area contributed by atoms with Gasteiger partial charge in [0.2, 0.25) is 5.91 Å². The number of nitrogens with one attached hydrogen (secondary N) is 1. The molecule has 1 heterocycles. The highest BCUT2D eigenvalue weighted by Crippen LogP contribution is 2.43. The molecular formula is C16H22ClNO2. The van der Waals surface area contributed by atoms with E-state index in [4.69, 9.17) is 11.6 Å². The van der Waals surface area contributed by atoms with Crippen molar-refractivity contribution in [3.63, 3.8) is 0 Å². The van der Waals surface area contributed by atoms with Crippen LogP contribution >= 0.6 is 11.6 Å². The molecular weight excluding hydrogens is 274 g/mol. The van der Waals surface area contributed by atoms with E-state index in [9.17, 15) is 9.90 Å². The Kier molecular flexibility index (Phi) is 4.40. The van der Waals surface area contributed by atoms with Crippen LogP contribution in [0, 0.1) is 12.8 Å². The predicted molar refractivity (Wildman–Crippen MR) is 82.3 cm³/mol. The summed E-state index contributed by atoms with van der Waals surface area (Å²) >= 11 is 6.38. The van der Waals surface area contributed by atoms with Crippen molar-refractivity contribution in [2.75, 3.05) is 5.32 Å². The summed E-state index contributed by atoms with van der Waals surface area (Å²) in [6, 6.07) is 1.91. The van der Waals surface area contributed by atoms with Crippen LogP contribution in [0.5, 0.6) is 0 Å². The summed E-state index contributed by atoms with van der Waals surface area (Å²) in [5.74, 6) is 0.277. The van der Waals surface area contributed by atoms with Gasteiger partial charge in [-0.1, -0.05) is 32.4 Å². The van der Waals surface area contributed by atoms with Gasteiger partial charge in [-0.2, -0.15) is 0 Å². The minimum absolute atomic E-state index is 0.0252. The summed E-state index contributed by atoms with van der Waals surface area (Å²) in [5.41, 5.74) is 3.39. The second-order valence-electron chi connectivity index (χ2n) is 5.96. The fourth-order valence-electron chi connectivity index (χ4n) is 2.86. The van der Waals surface area contributed by atoms with Crippen molar-refractivity contribution in [2.24, 2.45) is 5.92 Å². The standard InChI is InChI=1S/C16H22ClNO2/c1-5-10-11-7-12(13(19)6-8(2)3)14(17)9(4)15(11)18-16(10)20/h7-8,10,13,19H,5-6H2,1-4H3,(H,18,20). The average Bonchev–Trinajstić information content (AvgIpc) is 2.68. The van der Waals surface area contributed by atoms with Crippen LogP contribution in [0.4, 0.5) is 5.69 Å². The maximum Gasteiger partial charge on any atom is 0.232 e. The fourth-order valence-corrected chi connectivity index (χ4v) is 3.13. The van der Waals surface area contributed by atoms with E-state index in [1.165, 1.54) is 0 Å². The van der Waals surface area contributed by atoms with E-state index >= 15 is 0 Å². The van der Waals surface area contributed by atoms with Crippen LogP contribution in [0.3, 0.4) is 0 Å². The number of carbonyl (C=O) groups excluding carboxylic acids is 1. The lowest BCUT2D eigenvalue weighted by Crippen LogP contribution is -2.10. The van der Waals surface area contributed by atoms with Crippen molar-refractivity contribution in [2.45, 2.75) is 52.6 Å². The molecule has 0 aromatic heterocycles. The summed E-state index contributed by atoms with van der Waals surface area (Å²) in [6.45, 7) is 8.02. The molecule has 1 aliphatic heterocycles. The van der Waals surface area contributed by atoms with Gasteiger partial charge in [0, 0.05) is 5.69 Å². The SMILES string of the molecule is CCC1C(=O)Nc2c1cc(C(O)CC(C)C)c(Cl)c2C. The monoisotopic (exact) mass is 295 g/mol. The van der Waals surface area contributed by atoms with Gasteiger partial charge in [-0.3, -0.25) is 4.79 Å². The molecule has 0 bridgehead atoms. The number of hydrogen-bond donors (Lipinski definition) is 2. The number of halogens is 1. The highest BCUT2D eigenvalue weighted by molar-refractivity contribution is 6.33. The molecule has 2 atom stereocenters. The van der Waals surface area contributed by atoms with Crippen LogP contribution in [0.25, 0.3) is 0 Å². The Morgan fingerprint density at radius 1 is 1.45 bits per heavy atom. The Bertz CT molecular complexity index is 540. The second kappa shape index (κ2) is 5.74. The quantitative estimate of drug-likeness (QED) is 0.875. The third-order valence-electron chi connectivity index (χ3n) is 3.96. The second-order valence-corrected chi connectivity index (χ2v) is 6.34. The molecule has 1 amide bonds. The van der Waals surface area contributed by atoms with Gasteiger partial charge in [0.05, 0.1) is 17.0 Å². The Labute approximate surface area is 125 Å². The molecule has 1 aromatic carbocycles. The zero-order valence-electron chi connectivity index (χ0n) is 12.5. The summed E-state index contributed by atoms with van der Waals surface area (Å²) < 4.78 is 0. The Hall–Kier alpha value is -1.06. The van der Waals surface area contributed by atoms with Gasteiger partial charge in [0.15, 0.2) is 0 Å². The number of aliphatic hydroxyl groups excluding tert-OH is 1. The molecule has 0 saturated carbocycles. The number of benzene rings is 1. The first-order valence-electron chi connectivity index (χ1n) is 7.18. The van der Waals surface area contributed by atoms with Crippen LogP contribution in [0.15, 0.2) is 6.07 Å². The average molecular weight is 296 g/mol. The first kappa shape index (κ1) is 15.3. The van der Waals surface area contributed by atoms with Gasteiger partial charge >= 0.3 is 0 Å². The normalized spacial score (nSPS) is 19.1. The van der Waals surface area contributed by atoms with Gasteiger partial charge in [-0.25, -0.2) is 0 Å². The summed E-state index contributed by atoms with van der Waals surface area (Å²) in [5, 5.41) is 13.8. The number of aliphatic hydroxyl groups is 1. The fraction of sp³-hybridized carbons (Fsp3) is 0.562. The lowest BCUT2D eigenvalue weighted by molar-refractivity contribution is -0.117. The third kappa shape index (κ3) is 2.57. The Morgan fingerprint density at radius 3 is 2.65 bits per heavy atom. The summed E-state index contributed by atoms with van der Waals surface area (Å²) in [6.07, 6.45) is 0.829. The van der Waals surface area contributed by atoms with E-state index in [-0.39, 0.29) is 11.8 Å². The smallest absolute Gasteiger partial charge is 0.232 e. The van der Waals surface area contributed by atoms with Gasteiger partial charge in [0.25, 0.3) is 0 Å². The first-order valence-corrected chi connectivity index (χ1v) is 7.56. The first-order chi connectivity index (χ1) is 9.36. The van der Waals surface area contributed by atoms with E-state index < -0.39 is 6.10 Å². The van der Waals surface area contributed by atoms with Gasteiger partial charge < -0.3 is 10.4 Å². The molecule has 0 radical (unpaired) electrons. The maximum atomic E-state index is 12.0. The van der Waals surface area contributed by atoms with E-state index in [1.807, 2.05) is 19.9 Å². The van der Waals surface area contributed by atoms with E-state index in [0.29, 0.717) is 17.4 Å². The summed E-state index contributed by atoms with van der Waals surface area (Å²) in [4.78, 5) is 12.0. The van der Waals surface area contributed by atoms with E-state index in [0.717, 1.165) is 28.8 Å². The minimum atomic E-state index is -0.584.